The predicted octanol–water partition coefficient (Wildman–Crippen LogP) is -1.28. The minimum Gasteiger partial charge on any atom is -0.476 e. The van der Waals surface area contributed by atoms with Gasteiger partial charge in [0.05, 0.1) is 18.4 Å². The van der Waals surface area contributed by atoms with E-state index in [0.29, 0.717) is 31.8 Å². The average Bonchev–Trinajstić information content (AvgIpc) is 2.82. The maximum atomic E-state index is 12.3. The van der Waals surface area contributed by atoms with Crippen molar-refractivity contribution in [3.8, 4) is 0 Å². The highest BCUT2D eigenvalue weighted by Gasteiger charge is 2.24. The maximum Gasteiger partial charge on any atom is 0.358 e. The van der Waals surface area contributed by atoms with Crippen LogP contribution in [0.25, 0.3) is 0 Å². The summed E-state index contributed by atoms with van der Waals surface area (Å²) < 4.78 is 6.70. The number of nitrogens with zero attached hydrogens (tertiary/aromatic N) is 4. The van der Waals surface area contributed by atoms with Crippen molar-refractivity contribution < 1.29 is 19.4 Å². The molecule has 0 aliphatic carbocycles. The summed E-state index contributed by atoms with van der Waals surface area (Å²) in [6.07, 6.45) is 0.304. The lowest BCUT2D eigenvalue weighted by Crippen LogP contribution is -2.46. The number of ether oxygens (including phenoxy) is 1. The van der Waals surface area contributed by atoms with E-state index >= 15 is 0 Å². The van der Waals surface area contributed by atoms with Gasteiger partial charge in [0.25, 0.3) is 0 Å². The Balaban J connectivity index is 2.11. The van der Waals surface area contributed by atoms with E-state index in [9.17, 15) is 9.59 Å². The highest BCUT2D eigenvalue weighted by Crippen LogP contribution is 2.09. The molecule has 2 rings (SSSR count). The van der Waals surface area contributed by atoms with Crippen LogP contribution in [0.3, 0.4) is 0 Å². The minimum atomic E-state index is -1.17. The molecule has 21 heavy (non-hydrogen) atoms. The second kappa shape index (κ2) is 6.64. The van der Waals surface area contributed by atoms with Crippen molar-refractivity contribution in [3.63, 3.8) is 0 Å². The number of aromatic carboxylic acids is 1. The zero-order valence-corrected chi connectivity index (χ0v) is 11.9. The predicted molar refractivity (Wildman–Crippen MR) is 71.7 cm³/mol. The van der Waals surface area contributed by atoms with Gasteiger partial charge in [0, 0.05) is 19.5 Å². The molecule has 0 bridgehead atoms. The van der Waals surface area contributed by atoms with Crippen LogP contribution in [0.2, 0.25) is 0 Å². The Kier molecular flexibility index (Phi) is 4.86. The van der Waals surface area contributed by atoms with Crippen LogP contribution in [0.4, 0.5) is 0 Å². The number of carboxylic acids is 1. The van der Waals surface area contributed by atoms with Crippen LogP contribution in [0.5, 0.6) is 0 Å². The summed E-state index contributed by atoms with van der Waals surface area (Å²) >= 11 is 0. The summed E-state index contributed by atoms with van der Waals surface area (Å²) in [6, 6.07) is 0. The van der Waals surface area contributed by atoms with E-state index in [4.69, 9.17) is 15.6 Å². The Bertz CT molecular complexity index is 530. The third-order valence-electron chi connectivity index (χ3n) is 3.30. The lowest BCUT2D eigenvalue weighted by molar-refractivity contribution is -0.139. The van der Waals surface area contributed by atoms with Crippen molar-refractivity contribution in [3.05, 3.63) is 11.4 Å². The fourth-order valence-corrected chi connectivity index (χ4v) is 2.28. The van der Waals surface area contributed by atoms with Crippen molar-refractivity contribution in [2.24, 2.45) is 5.73 Å². The summed E-state index contributed by atoms with van der Waals surface area (Å²) in [5.41, 5.74) is 5.70. The molecule has 9 nitrogen and oxygen atoms in total. The van der Waals surface area contributed by atoms with Gasteiger partial charge in [-0.1, -0.05) is 5.21 Å². The molecule has 0 aromatic carbocycles. The summed E-state index contributed by atoms with van der Waals surface area (Å²) in [5, 5.41) is 16.4. The SMILES string of the molecule is CC1CN(C(=O)Cn2nnc(C(=O)O)c2CCN)CCO1. The summed E-state index contributed by atoms with van der Waals surface area (Å²) in [6.45, 7) is 3.66. The van der Waals surface area contributed by atoms with E-state index in [0.717, 1.165) is 0 Å². The molecular weight excluding hydrogens is 278 g/mol. The summed E-state index contributed by atoms with van der Waals surface area (Å²) in [7, 11) is 0. The second-order valence-corrected chi connectivity index (χ2v) is 4.91. The first kappa shape index (κ1) is 15.4. The molecule has 2 heterocycles. The largest absolute Gasteiger partial charge is 0.476 e. The first-order valence-corrected chi connectivity index (χ1v) is 6.78. The molecule has 9 heteroatoms. The van der Waals surface area contributed by atoms with Crippen molar-refractivity contribution in [1.29, 1.82) is 0 Å². The number of carbonyl (C=O) groups excluding carboxylic acids is 1. The Hall–Kier alpha value is -2.00. The third-order valence-corrected chi connectivity index (χ3v) is 3.30. The fraction of sp³-hybridized carbons (Fsp3) is 0.667. The van der Waals surface area contributed by atoms with Gasteiger partial charge in [-0.2, -0.15) is 0 Å². The lowest BCUT2D eigenvalue weighted by atomic mass is 10.2. The second-order valence-electron chi connectivity index (χ2n) is 4.91. The monoisotopic (exact) mass is 297 g/mol. The molecule has 3 N–H and O–H groups in total. The van der Waals surface area contributed by atoms with Crippen LogP contribution >= 0.6 is 0 Å². The van der Waals surface area contributed by atoms with Gasteiger partial charge in [-0.25, -0.2) is 9.48 Å². The molecule has 1 atom stereocenters. The van der Waals surface area contributed by atoms with E-state index in [-0.39, 0.29) is 30.8 Å². The van der Waals surface area contributed by atoms with Crippen molar-refractivity contribution in [1.82, 2.24) is 19.9 Å². The van der Waals surface area contributed by atoms with Gasteiger partial charge >= 0.3 is 5.97 Å². The van der Waals surface area contributed by atoms with Crippen LogP contribution in [0.15, 0.2) is 0 Å². The Morgan fingerprint density at radius 1 is 1.52 bits per heavy atom. The highest BCUT2D eigenvalue weighted by atomic mass is 16.5. The first-order chi connectivity index (χ1) is 10.0. The number of nitrogens with two attached hydrogens (primary N) is 1. The summed E-state index contributed by atoms with van der Waals surface area (Å²) in [5.74, 6) is -1.30. The third kappa shape index (κ3) is 3.56. The van der Waals surface area contributed by atoms with Crippen LogP contribution in [0.1, 0.15) is 23.1 Å². The quantitative estimate of drug-likeness (QED) is 0.694. The number of aromatic nitrogens is 3. The molecule has 1 amide bonds. The van der Waals surface area contributed by atoms with Gasteiger partial charge in [0.15, 0.2) is 5.69 Å². The first-order valence-electron chi connectivity index (χ1n) is 6.78. The van der Waals surface area contributed by atoms with E-state index < -0.39 is 5.97 Å². The topological polar surface area (TPSA) is 124 Å². The van der Waals surface area contributed by atoms with Crippen LogP contribution < -0.4 is 5.73 Å². The Morgan fingerprint density at radius 3 is 2.90 bits per heavy atom. The number of hydrogen-bond acceptors (Lipinski definition) is 6. The number of hydrogen-bond donors (Lipinski definition) is 2. The number of morpholine rings is 1. The molecular formula is C12H19N5O4. The minimum absolute atomic E-state index is 0.00320. The van der Waals surface area contributed by atoms with Crippen molar-refractivity contribution in [2.75, 3.05) is 26.2 Å². The summed E-state index contributed by atoms with van der Waals surface area (Å²) in [4.78, 5) is 25.0. The number of rotatable bonds is 5. The molecule has 1 aliphatic heterocycles. The van der Waals surface area contributed by atoms with E-state index in [1.165, 1.54) is 4.68 Å². The van der Waals surface area contributed by atoms with Gasteiger partial charge in [0.1, 0.15) is 6.54 Å². The van der Waals surface area contributed by atoms with E-state index in [1.54, 1.807) is 4.90 Å². The maximum absolute atomic E-state index is 12.3. The zero-order valence-electron chi connectivity index (χ0n) is 11.9. The molecule has 1 fully saturated rings. The molecule has 0 radical (unpaired) electrons. The molecule has 1 aliphatic rings. The average molecular weight is 297 g/mol. The van der Waals surface area contributed by atoms with Crippen LogP contribution in [-0.4, -0.2) is 69.2 Å². The molecule has 1 saturated heterocycles. The zero-order chi connectivity index (χ0) is 15.4. The lowest BCUT2D eigenvalue weighted by Gasteiger charge is -2.31. The van der Waals surface area contributed by atoms with E-state index in [2.05, 4.69) is 10.3 Å². The Morgan fingerprint density at radius 2 is 2.29 bits per heavy atom. The van der Waals surface area contributed by atoms with Gasteiger partial charge in [-0.3, -0.25) is 4.79 Å². The normalized spacial score (nSPS) is 18.8. The van der Waals surface area contributed by atoms with Crippen molar-refractivity contribution in [2.45, 2.75) is 26.0 Å². The van der Waals surface area contributed by atoms with Crippen LogP contribution in [-0.2, 0) is 22.5 Å². The van der Waals surface area contributed by atoms with Gasteiger partial charge < -0.3 is 20.5 Å². The van der Waals surface area contributed by atoms with Crippen LogP contribution in [0, 0.1) is 0 Å². The Labute approximate surface area is 121 Å². The van der Waals surface area contributed by atoms with Gasteiger partial charge in [0.2, 0.25) is 5.91 Å². The molecule has 1 unspecified atom stereocenters. The molecule has 0 spiro atoms. The number of carboxylic acid groups (broad SMARTS) is 1. The highest BCUT2D eigenvalue weighted by molar-refractivity contribution is 5.86. The number of carbonyl (C=O) groups is 2. The fourth-order valence-electron chi connectivity index (χ4n) is 2.28. The molecule has 1 aromatic heterocycles. The van der Waals surface area contributed by atoms with Gasteiger partial charge in [-0.15, -0.1) is 5.10 Å². The van der Waals surface area contributed by atoms with Gasteiger partial charge in [-0.05, 0) is 13.5 Å². The molecule has 1 aromatic rings. The van der Waals surface area contributed by atoms with E-state index in [1.807, 2.05) is 6.92 Å². The molecule has 116 valence electrons. The standard InChI is InChI=1S/C12H19N5O4/c1-8-6-16(4-5-21-8)10(18)7-17-9(2-3-13)11(12(19)20)14-15-17/h8H,2-7,13H2,1H3,(H,19,20). The smallest absolute Gasteiger partial charge is 0.358 e. The number of amides is 1. The van der Waals surface area contributed by atoms with Crippen molar-refractivity contribution >= 4 is 11.9 Å². The molecule has 0 saturated carbocycles.